The number of para-hydroxylation sites is 1. The monoisotopic (exact) mass is 279 g/mol. The van der Waals surface area contributed by atoms with Crippen molar-refractivity contribution in [1.29, 1.82) is 0 Å². The molecule has 2 heterocycles. The molecule has 2 nitrogen and oxygen atoms in total. The minimum absolute atomic E-state index is 0.0198. The topological polar surface area (TPSA) is 21.5 Å². The quantitative estimate of drug-likeness (QED) is 0.707. The molecule has 2 aromatic carbocycles. The summed E-state index contributed by atoms with van der Waals surface area (Å²) < 4.78 is 16.4. The van der Waals surface area contributed by atoms with Crippen LogP contribution in [0.4, 0.5) is 4.39 Å². The summed E-state index contributed by atoms with van der Waals surface area (Å²) in [7, 11) is 0. The van der Waals surface area contributed by atoms with Crippen LogP contribution in [0.3, 0.4) is 0 Å². The van der Waals surface area contributed by atoms with E-state index in [1.54, 1.807) is 6.07 Å². The van der Waals surface area contributed by atoms with Gasteiger partial charge in [-0.15, -0.1) is 0 Å². The first kappa shape index (κ1) is 12.4. The van der Waals surface area contributed by atoms with Crippen LogP contribution in [0.5, 0.6) is 0 Å². The van der Waals surface area contributed by atoms with Gasteiger partial charge in [0.05, 0.1) is 16.9 Å². The van der Waals surface area contributed by atoms with Crippen molar-refractivity contribution in [2.75, 3.05) is 0 Å². The Kier molecular flexibility index (Phi) is 2.86. The van der Waals surface area contributed by atoms with E-state index in [1.807, 2.05) is 24.3 Å². The highest BCUT2D eigenvalue weighted by Gasteiger charge is 2.27. The van der Waals surface area contributed by atoms with Crippen molar-refractivity contribution in [2.24, 2.45) is 0 Å². The molecule has 104 valence electrons. The van der Waals surface area contributed by atoms with E-state index in [9.17, 15) is 4.39 Å². The third-order valence-corrected chi connectivity index (χ3v) is 4.16. The van der Waals surface area contributed by atoms with E-state index >= 15 is 0 Å². The molecule has 0 aliphatic carbocycles. The molecular formula is C18H16FN2+. The molecule has 0 amide bonds. The van der Waals surface area contributed by atoms with Gasteiger partial charge >= 0.3 is 0 Å². The SMILES string of the molecule is Fc1ccccc1[C@H]1[NH2+]Cc2ccccc2-n2cccc21. The third kappa shape index (κ3) is 1.98. The zero-order valence-electron chi connectivity index (χ0n) is 11.5. The van der Waals surface area contributed by atoms with E-state index in [1.165, 1.54) is 17.3 Å². The zero-order valence-corrected chi connectivity index (χ0v) is 11.5. The number of benzene rings is 2. The van der Waals surface area contributed by atoms with Gasteiger partial charge in [-0.1, -0.05) is 30.3 Å². The van der Waals surface area contributed by atoms with Crippen LogP contribution in [0.1, 0.15) is 22.9 Å². The molecule has 0 bridgehead atoms. The smallest absolute Gasteiger partial charge is 0.156 e. The highest BCUT2D eigenvalue weighted by Crippen LogP contribution is 2.27. The van der Waals surface area contributed by atoms with Crippen LogP contribution in [0.15, 0.2) is 66.9 Å². The van der Waals surface area contributed by atoms with Crippen LogP contribution in [0, 0.1) is 5.82 Å². The maximum absolute atomic E-state index is 14.2. The highest BCUT2D eigenvalue weighted by molar-refractivity contribution is 5.45. The molecule has 21 heavy (non-hydrogen) atoms. The van der Waals surface area contributed by atoms with E-state index in [2.05, 4.69) is 40.3 Å². The van der Waals surface area contributed by atoms with Crippen molar-refractivity contribution in [2.45, 2.75) is 12.6 Å². The van der Waals surface area contributed by atoms with Gasteiger partial charge in [0.25, 0.3) is 0 Å². The minimum Gasteiger partial charge on any atom is -0.331 e. The standard InChI is InChI=1S/C18H15FN2/c19-15-8-3-2-7-14(15)18-17-10-5-11-21(17)16-9-4-1-6-13(16)12-20-18/h1-11,18,20H,12H2/p+1/t18-/m1/s1. The molecule has 1 atom stereocenters. The number of fused-ring (bicyclic) bond motifs is 3. The molecule has 1 aliphatic heterocycles. The molecular weight excluding hydrogens is 263 g/mol. The van der Waals surface area contributed by atoms with Crippen molar-refractivity contribution in [3.63, 3.8) is 0 Å². The average molecular weight is 279 g/mol. The molecule has 1 aromatic heterocycles. The van der Waals surface area contributed by atoms with Crippen LogP contribution in [-0.4, -0.2) is 4.57 Å². The maximum Gasteiger partial charge on any atom is 0.156 e. The first-order valence-electron chi connectivity index (χ1n) is 7.18. The van der Waals surface area contributed by atoms with Crippen molar-refractivity contribution in [3.05, 3.63) is 89.5 Å². The first-order valence-corrected chi connectivity index (χ1v) is 7.18. The number of rotatable bonds is 1. The minimum atomic E-state index is -0.141. The van der Waals surface area contributed by atoms with Gasteiger partial charge in [-0.2, -0.15) is 0 Å². The number of hydrogen-bond acceptors (Lipinski definition) is 0. The number of aromatic nitrogens is 1. The summed E-state index contributed by atoms with van der Waals surface area (Å²) >= 11 is 0. The van der Waals surface area contributed by atoms with Crippen LogP contribution >= 0.6 is 0 Å². The number of nitrogens with two attached hydrogens (primary N) is 1. The molecule has 0 unspecified atom stereocenters. The summed E-state index contributed by atoms with van der Waals surface area (Å²) in [5.41, 5.74) is 4.32. The Morgan fingerprint density at radius 3 is 2.67 bits per heavy atom. The Bertz CT molecular complexity index is 791. The second kappa shape index (κ2) is 4.86. The van der Waals surface area contributed by atoms with E-state index in [0.29, 0.717) is 0 Å². The fourth-order valence-corrected chi connectivity index (χ4v) is 3.16. The maximum atomic E-state index is 14.2. The Labute approximate surface area is 122 Å². The fourth-order valence-electron chi connectivity index (χ4n) is 3.16. The third-order valence-electron chi connectivity index (χ3n) is 4.16. The summed E-state index contributed by atoms with van der Waals surface area (Å²) in [6, 6.07) is 19.5. The van der Waals surface area contributed by atoms with Gasteiger partial charge < -0.3 is 9.88 Å². The normalized spacial score (nSPS) is 16.9. The predicted octanol–water partition coefficient (Wildman–Crippen LogP) is 2.78. The van der Waals surface area contributed by atoms with Gasteiger partial charge in [0.15, 0.2) is 6.04 Å². The average Bonchev–Trinajstić information content (AvgIpc) is 2.93. The van der Waals surface area contributed by atoms with Gasteiger partial charge in [-0.3, -0.25) is 0 Å². The molecule has 0 spiro atoms. The number of nitrogens with zero attached hydrogens (tertiary/aromatic N) is 1. The van der Waals surface area contributed by atoms with Crippen LogP contribution in [-0.2, 0) is 6.54 Å². The molecule has 0 saturated carbocycles. The summed E-state index contributed by atoms with van der Waals surface area (Å²) in [4.78, 5) is 0. The second-order valence-electron chi connectivity index (χ2n) is 5.37. The fraction of sp³-hybridized carbons (Fsp3) is 0.111. The predicted molar refractivity (Wildman–Crippen MR) is 79.6 cm³/mol. The summed E-state index contributed by atoms with van der Waals surface area (Å²) in [5, 5.41) is 2.20. The van der Waals surface area contributed by atoms with E-state index in [4.69, 9.17) is 0 Å². The highest BCUT2D eigenvalue weighted by atomic mass is 19.1. The van der Waals surface area contributed by atoms with Gasteiger partial charge in [-0.25, -0.2) is 4.39 Å². The van der Waals surface area contributed by atoms with Crippen LogP contribution in [0.25, 0.3) is 5.69 Å². The Morgan fingerprint density at radius 2 is 1.76 bits per heavy atom. The second-order valence-corrected chi connectivity index (χ2v) is 5.37. The van der Waals surface area contributed by atoms with Crippen molar-refractivity contribution in [1.82, 2.24) is 4.57 Å². The zero-order chi connectivity index (χ0) is 14.2. The number of halogens is 1. The molecule has 3 aromatic rings. The molecule has 0 radical (unpaired) electrons. The Balaban J connectivity index is 1.90. The molecule has 0 saturated heterocycles. The van der Waals surface area contributed by atoms with Crippen LogP contribution < -0.4 is 5.32 Å². The number of quaternary nitrogens is 1. The van der Waals surface area contributed by atoms with Crippen molar-refractivity contribution in [3.8, 4) is 5.69 Å². The van der Waals surface area contributed by atoms with Gasteiger partial charge in [0.2, 0.25) is 0 Å². The lowest BCUT2D eigenvalue weighted by Crippen LogP contribution is -2.83. The molecule has 2 N–H and O–H groups in total. The largest absolute Gasteiger partial charge is 0.331 e. The Hall–Kier alpha value is -2.39. The van der Waals surface area contributed by atoms with Crippen molar-refractivity contribution < 1.29 is 9.71 Å². The van der Waals surface area contributed by atoms with Gasteiger partial charge in [0, 0.05) is 11.8 Å². The molecule has 4 rings (SSSR count). The lowest BCUT2D eigenvalue weighted by Gasteiger charge is -2.15. The Morgan fingerprint density at radius 1 is 0.952 bits per heavy atom. The van der Waals surface area contributed by atoms with E-state index in [-0.39, 0.29) is 11.9 Å². The van der Waals surface area contributed by atoms with E-state index < -0.39 is 0 Å². The molecule has 0 fully saturated rings. The summed E-state index contributed by atoms with van der Waals surface area (Å²) in [5.74, 6) is -0.141. The summed E-state index contributed by atoms with van der Waals surface area (Å²) in [6.07, 6.45) is 2.06. The van der Waals surface area contributed by atoms with Gasteiger partial charge in [-0.05, 0) is 30.3 Å². The first-order chi connectivity index (χ1) is 10.3. The molecule has 3 heteroatoms. The lowest BCUT2D eigenvalue weighted by molar-refractivity contribution is -0.702. The van der Waals surface area contributed by atoms with Gasteiger partial charge in [0.1, 0.15) is 12.4 Å². The lowest BCUT2D eigenvalue weighted by atomic mass is 10.0. The summed E-state index contributed by atoms with van der Waals surface area (Å²) in [6.45, 7) is 0.844. The molecule has 1 aliphatic rings. The van der Waals surface area contributed by atoms with E-state index in [0.717, 1.165) is 17.8 Å². The van der Waals surface area contributed by atoms with Crippen molar-refractivity contribution >= 4 is 0 Å². The van der Waals surface area contributed by atoms with Crippen LogP contribution in [0.2, 0.25) is 0 Å². The number of hydrogen-bond donors (Lipinski definition) is 1.